The van der Waals surface area contributed by atoms with Crippen molar-refractivity contribution in [3.63, 3.8) is 0 Å². The topological polar surface area (TPSA) is 35.5 Å². The molecule has 2 fully saturated rings. The van der Waals surface area contributed by atoms with Crippen molar-refractivity contribution >= 4 is 6.16 Å². The number of carbonyl (C=O) groups excluding carboxylic acids is 1. The molecule has 2 rings (SSSR count). The van der Waals surface area contributed by atoms with E-state index in [0.717, 1.165) is 43.4 Å². The molecule has 2 saturated carbocycles. The van der Waals surface area contributed by atoms with E-state index in [1.54, 1.807) is 0 Å². The SMILES string of the molecule is CCCCCCCOC(=O)OC1(C)CCC(C2CCC(CCCC)CC2)CC1. The van der Waals surface area contributed by atoms with Crippen LogP contribution >= 0.6 is 0 Å². The van der Waals surface area contributed by atoms with Crippen LogP contribution in [0.3, 0.4) is 0 Å². The molecule has 0 N–H and O–H groups in total. The van der Waals surface area contributed by atoms with Gasteiger partial charge in [-0.3, -0.25) is 0 Å². The Bertz CT molecular complexity index is 418. The Morgan fingerprint density at radius 3 is 2.07 bits per heavy atom. The van der Waals surface area contributed by atoms with E-state index >= 15 is 0 Å². The van der Waals surface area contributed by atoms with E-state index in [1.807, 2.05) is 0 Å². The number of unbranched alkanes of at least 4 members (excludes halogenated alkanes) is 5. The van der Waals surface area contributed by atoms with Crippen LogP contribution in [0.25, 0.3) is 0 Å². The summed E-state index contributed by atoms with van der Waals surface area (Å²) in [5.74, 6) is 2.75. The molecule has 28 heavy (non-hydrogen) atoms. The number of carbonyl (C=O) groups is 1. The Balaban J connectivity index is 1.60. The van der Waals surface area contributed by atoms with Gasteiger partial charge in [0, 0.05) is 0 Å². The number of hydrogen-bond acceptors (Lipinski definition) is 3. The number of hydrogen-bond donors (Lipinski definition) is 0. The average Bonchev–Trinajstić information content (AvgIpc) is 2.70. The van der Waals surface area contributed by atoms with E-state index in [2.05, 4.69) is 20.8 Å². The van der Waals surface area contributed by atoms with Gasteiger partial charge in [0.25, 0.3) is 0 Å². The molecule has 0 aromatic rings. The first-order valence-electron chi connectivity index (χ1n) is 12.4. The van der Waals surface area contributed by atoms with Gasteiger partial charge in [0.2, 0.25) is 0 Å². The van der Waals surface area contributed by atoms with Crippen LogP contribution < -0.4 is 0 Å². The van der Waals surface area contributed by atoms with Crippen molar-refractivity contribution in [2.75, 3.05) is 6.61 Å². The second kappa shape index (κ2) is 12.8. The van der Waals surface area contributed by atoms with Gasteiger partial charge in [-0.25, -0.2) is 4.79 Å². The quantitative estimate of drug-likeness (QED) is 0.262. The van der Waals surface area contributed by atoms with Crippen molar-refractivity contribution in [1.29, 1.82) is 0 Å². The zero-order chi connectivity index (χ0) is 20.2. The lowest BCUT2D eigenvalue weighted by atomic mass is 9.68. The third-order valence-corrected chi connectivity index (χ3v) is 7.41. The third-order valence-electron chi connectivity index (χ3n) is 7.41. The first-order chi connectivity index (χ1) is 13.6. The van der Waals surface area contributed by atoms with Gasteiger partial charge in [-0.05, 0) is 69.6 Å². The Morgan fingerprint density at radius 2 is 1.43 bits per heavy atom. The minimum absolute atomic E-state index is 0.311. The van der Waals surface area contributed by atoms with Gasteiger partial charge in [-0.1, -0.05) is 71.6 Å². The molecule has 0 radical (unpaired) electrons. The molecule has 0 aliphatic heterocycles. The number of ether oxygens (including phenoxy) is 2. The van der Waals surface area contributed by atoms with E-state index in [-0.39, 0.29) is 5.60 Å². The Morgan fingerprint density at radius 1 is 0.821 bits per heavy atom. The molecule has 0 atom stereocenters. The first-order valence-corrected chi connectivity index (χ1v) is 12.4. The average molecular weight is 395 g/mol. The molecule has 2 aliphatic carbocycles. The largest absolute Gasteiger partial charge is 0.508 e. The van der Waals surface area contributed by atoms with Crippen molar-refractivity contribution in [2.45, 2.75) is 129 Å². The molecule has 0 spiro atoms. The summed E-state index contributed by atoms with van der Waals surface area (Å²) in [6, 6.07) is 0. The molecule has 0 aromatic carbocycles. The van der Waals surface area contributed by atoms with Gasteiger partial charge >= 0.3 is 6.16 Å². The Hall–Kier alpha value is -0.730. The Labute approximate surface area is 174 Å². The highest BCUT2D eigenvalue weighted by atomic mass is 16.7. The zero-order valence-corrected chi connectivity index (χ0v) is 19.0. The third kappa shape index (κ3) is 8.33. The summed E-state index contributed by atoms with van der Waals surface area (Å²) in [5, 5.41) is 0. The maximum Gasteiger partial charge on any atom is 0.508 e. The summed E-state index contributed by atoms with van der Waals surface area (Å²) in [6.07, 6.45) is 19.7. The molecule has 3 heteroatoms. The normalized spacial score (nSPS) is 30.8. The van der Waals surface area contributed by atoms with Crippen LogP contribution in [0.4, 0.5) is 4.79 Å². The van der Waals surface area contributed by atoms with E-state index in [1.165, 1.54) is 77.0 Å². The monoisotopic (exact) mass is 394 g/mol. The minimum atomic E-state index is -0.451. The van der Waals surface area contributed by atoms with Gasteiger partial charge in [0.1, 0.15) is 5.60 Å². The molecule has 0 saturated heterocycles. The molecular formula is C25H46O3. The highest BCUT2D eigenvalue weighted by molar-refractivity contribution is 5.60. The van der Waals surface area contributed by atoms with Crippen molar-refractivity contribution in [2.24, 2.45) is 17.8 Å². The maximum atomic E-state index is 12.1. The lowest BCUT2D eigenvalue weighted by molar-refractivity contribution is -0.0568. The molecule has 0 amide bonds. The van der Waals surface area contributed by atoms with E-state index < -0.39 is 6.16 Å². The molecule has 0 bridgehead atoms. The van der Waals surface area contributed by atoms with Crippen LogP contribution in [0.15, 0.2) is 0 Å². The molecule has 0 unspecified atom stereocenters. The maximum absolute atomic E-state index is 12.1. The van der Waals surface area contributed by atoms with Gasteiger partial charge in [-0.2, -0.15) is 0 Å². The van der Waals surface area contributed by atoms with Crippen LogP contribution in [0.2, 0.25) is 0 Å². The van der Waals surface area contributed by atoms with Crippen LogP contribution in [0.5, 0.6) is 0 Å². The highest BCUT2D eigenvalue weighted by Crippen LogP contribution is 2.44. The lowest BCUT2D eigenvalue weighted by Gasteiger charge is -2.41. The molecule has 2 aliphatic rings. The van der Waals surface area contributed by atoms with Crippen molar-refractivity contribution in [1.82, 2.24) is 0 Å². The van der Waals surface area contributed by atoms with Crippen LogP contribution in [0.1, 0.15) is 124 Å². The van der Waals surface area contributed by atoms with E-state index in [4.69, 9.17) is 9.47 Å². The zero-order valence-electron chi connectivity index (χ0n) is 19.0. The van der Waals surface area contributed by atoms with Crippen LogP contribution in [-0.4, -0.2) is 18.4 Å². The second-order valence-electron chi connectivity index (χ2n) is 9.83. The summed E-state index contributed by atoms with van der Waals surface area (Å²) in [6.45, 7) is 7.12. The van der Waals surface area contributed by atoms with Gasteiger partial charge in [0.15, 0.2) is 0 Å². The number of rotatable bonds is 11. The first kappa shape index (κ1) is 23.5. The van der Waals surface area contributed by atoms with Crippen LogP contribution in [-0.2, 0) is 9.47 Å². The standard InChI is InChI=1S/C25H46O3/c1-4-6-8-9-10-20-27-24(26)28-25(3)18-16-23(17-19-25)22-14-12-21(13-15-22)11-7-5-2/h21-23H,4-20H2,1-3H3. The van der Waals surface area contributed by atoms with Gasteiger partial charge < -0.3 is 9.47 Å². The second-order valence-corrected chi connectivity index (χ2v) is 9.83. The van der Waals surface area contributed by atoms with Gasteiger partial charge in [-0.15, -0.1) is 0 Å². The summed E-state index contributed by atoms with van der Waals surface area (Å²) < 4.78 is 11.1. The summed E-state index contributed by atoms with van der Waals surface area (Å²) in [5.41, 5.74) is -0.311. The molecular weight excluding hydrogens is 348 g/mol. The lowest BCUT2D eigenvalue weighted by Crippen LogP contribution is -2.38. The van der Waals surface area contributed by atoms with E-state index in [9.17, 15) is 4.79 Å². The van der Waals surface area contributed by atoms with Crippen molar-refractivity contribution < 1.29 is 14.3 Å². The van der Waals surface area contributed by atoms with Crippen molar-refractivity contribution in [3.8, 4) is 0 Å². The van der Waals surface area contributed by atoms with Crippen molar-refractivity contribution in [3.05, 3.63) is 0 Å². The Kier molecular flexibility index (Phi) is 10.7. The molecule has 0 aromatic heterocycles. The van der Waals surface area contributed by atoms with E-state index in [0.29, 0.717) is 6.61 Å². The molecule has 3 nitrogen and oxygen atoms in total. The summed E-state index contributed by atoms with van der Waals surface area (Å²) >= 11 is 0. The fraction of sp³-hybridized carbons (Fsp3) is 0.960. The van der Waals surface area contributed by atoms with Gasteiger partial charge in [0.05, 0.1) is 6.61 Å². The van der Waals surface area contributed by atoms with Crippen LogP contribution in [0, 0.1) is 17.8 Å². The predicted molar refractivity (Wildman–Crippen MR) is 117 cm³/mol. The molecule has 0 heterocycles. The summed E-state index contributed by atoms with van der Waals surface area (Å²) in [4.78, 5) is 12.1. The highest BCUT2D eigenvalue weighted by Gasteiger charge is 2.38. The fourth-order valence-electron chi connectivity index (χ4n) is 5.36. The minimum Gasteiger partial charge on any atom is -0.434 e. The fourth-order valence-corrected chi connectivity index (χ4v) is 5.36. The smallest absolute Gasteiger partial charge is 0.434 e. The summed E-state index contributed by atoms with van der Waals surface area (Å²) in [7, 11) is 0. The molecule has 164 valence electrons. The predicted octanol–water partition coefficient (Wildman–Crippen LogP) is 8.06.